The Morgan fingerprint density at radius 3 is 1.78 bits per heavy atom. The zero-order chi connectivity index (χ0) is 20.7. The van der Waals surface area contributed by atoms with E-state index in [2.05, 4.69) is 4.84 Å². The van der Waals surface area contributed by atoms with Crippen molar-refractivity contribution in [3.8, 4) is 0 Å². The smallest absolute Gasteiger partial charge is 0.303 e. The SMILES string of the molecule is CC(=O)OC[C@H]1O[C@@H](O[N+](=O)[O-])[C@H](OC(C)=O)[C@@H](OC(C)=O)[C@@H]1OC(C)=O. The number of carbonyl (C=O) groups is 4. The van der Waals surface area contributed by atoms with E-state index in [0.29, 0.717) is 0 Å². The van der Waals surface area contributed by atoms with Crippen LogP contribution in [0.4, 0.5) is 0 Å². The molecule has 1 heterocycles. The van der Waals surface area contributed by atoms with Gasteiger partial charge >= 0.3 is 23.9 Å². The monoisotopic (exact) mass is 393 g/mol. The summed E-state index contributed by atoms with van der Waals surface area (Å²) in [7, 11) is 0. The van der Waals surface area contributed by atoms with Crippen molar-refractivity contribution in [2.75, 3.05) is 6.61 Å². The van der Waals surface area contributed by atoms with E-state index < -0.39 is 66.3 Å². The van der Waals surface area contributed by atoms with Crippen molar-refractivity contribution in [1.82, 2.24) is 0 Å². The van der Waals surface area contributed by atoms with Gasteiger partial charge in [-0.05, 0) is 0 Å². The average Bonchev–Trinajstić information content (AvgIpc) is 2.49. The molecule has 0 aromatic rings. The second kappa shape index (κ2) is 9.66. The first kappa shape index (κ1) is 22.1. The van der Waals surface area contributed by atoms with Gasteiger partial charge in [0.1, 0.15) is 12.7 Å². The summed E-state index contributed by atoms with van der Waals surface area (Å²) in [6.07, 6.45) is -7.69. The van der Waals surface area contributed by atoms with E-state index in [1.165, 1.54) is 0 Å². The summed E-state index contributed by atoms with van der Waals surface area (Å²) >= 11 is 0. The standard InChI is InChI=1S/C14H19NO12/c1-6(16)22-5-10-11(23-7(2)17)12(24-8(3)18)13(25-9(4)19)14(26-10)27-15(20)21/h10-14H,5H2,1-4H3/t10-,11-,12+,13-,14+/m1/s1. The molecule has 1 aliphatic rings. The molecule has 0 unspecified atom stereocenters. The molecular weight excluding hydrogens is 374 g/mol. The Morgan fingerprint density at radius 2 is 1.33 bits per heavy atom. The van der Waals surface area contributed by atoms with Crippen LogP contribution in [0.3, 0.4) is 0 Å². The fourth-order valence-electron chi connectivity index (χ4n) is 2.36. The van der Waals surface area contributed by atoms with Crippen LogP contribution in [-0.4, -0.2) is 66.3 Å². The molecule has 0 radical (unpaired) electrons. The maximum Gasteiger partial charge on any atom is 0.303 e. The van der Waals surface area contributed by atoms with Crippen molar-refractivity contribution in [2.24, 2.45) is 0 Å². The molecule has 5 atom stereocenters. The molecule has 1 rings (SSSR count). The number of rotatable bonds is 7. The van der Waals surface area contributed by atoms with Gasteiger partial charge in [0.2, 0.25) is 6.29 Å². The van der Waals surface area contributed by atoms with E-state index in [1.54, 1.807) is 0 Å². The first-order valence-electron chi connectivity index (χ1n) is 7.63. The van der Waals surface area contributed by atoms with Crippen molar-refractivity contribution < 1.29 is 52.8 Å². The van der Waals surface area contributed by atoms with Gasteiger partial charge in [0.05, 0.1) is 0 Å². The molecule has 0 aromatic carbocycles. The third-order valence-electron chi connectivity index (χ3n) is 3.14. The molecule has 1 saturated heterocycles. The van der Waals surface area contributed by atoms with Gasteiger partial charge in [0.15, 0.2) is 18.3 Å². The van der Waals surface area contributed by atoms with Crippen molar-refractivity contribution in [2.45, 2.75) is 58.4 Å². The normalized spacial score (nSPS) is 27.0. The largest absolute Gasteiger partial charge is 0.463 e. The van der Waals surface area contributed by atoms with Gasteiger partial charge in [-0.3, -0.25) is 24.0 Å². The van der Waals surface area contributed by atoms with Gasteiger partial charge in [0.25, 0.3) is 5.09 Å². The summed E-state index contributed by atoms with van der Waals surface area (Å²) < 4.78 is 25.1. The minimum absolute atomic E-state index is 0.505. The summed E-state index contributed by atoms with van der Waals surface area (Å²) in [4.78, 5) is 60.5. The second-order valence-electron chi connectivity index (χ2n) is 5.40. The zero-order valence-corrected chi connectivity index (χ0v) is 14.9. The van der Waals surface area contributed by atoms with Gasteiger partial charge in [0, 0.05) is 27.7 Å². The lowest BCUT2D eigenvalue weighted by molar-refractivity contribution is -0.785. The summed E-state index contributed by atoms with van der Waals surface area (Å²) in [6, 6.07) is 0. The third-order valence-corrected chi connectivity index (χ3v) is 3.14. The highest BCUT2D eigenvalue weighted by molar-refractivity contribution is 5.68. The number of ether oxygens (including phenoxy) is 5. The fourth-order valence-corrected chi connectivity index (χ4v) is 2.36. The lowest BCUT2D eigenvalue weighted by Crippen LogP contribution is -2.63. The number of esters is 4. The predicted molar refractivity (Wildman–Crippen MR) is 80.0 cm³/mol. The quantitative estimate of drug-likeness (QED) is 0.231. The van der Waals surface area contributed by atoms with Gasteiger partial charge in [-0.25, -0.2) is 0 Å². The van der Waals surface area contributed by atoms with Crippen LogP contribution in [0, 0.1) is 10.1 Å². The summed E-state index contributed by atoms with van der Waals surface area (Å²) in [6.45, 7) is 3.67. The van der Waals surface area contributed by atoms with Gasteiger partial charge in [-0.15, -0.1) is 10.1 Å². The van der Waals surface area contributed by atoms with Gasteiger partial charge in [-0.2, -0.15) is 0 Å². The Balaban J connectivity index is 3.29. The number of hydrogen-bond donors (Lipinski definition) is 0. The molecule has 0 spiro atoms. The lowest BCUT2D eigenvalue weighted by atomic mass is 9.98. The molecule has 1 fully saturated rings. The van der Waals surface area contributed by atoms with Crippen LogP contribution in [0.25, 0.3) is 0 Å². The van der Waals surface area contributed by atoms with Crippen LogP contribution in [0.15, 0.2) is 0 Å². The number of hydrogen-bond acceptors (Lipinski definition) is 12. The first-order valence-corrected chi connectivity index (χ1v) is 7.63. The Hall–Kier alpha value is -2.96. The average molecular weight is 393 g/mol. The maximum absolute atomic E-state index is 11.5. The Bertz CT molecular complexity index is 605. The van der Waals surface area contributed by atoms with Crippen molar-refractivity contribution in [3.05, 3.63) is 10.1 Å². The molecule has 0 amide bonds. The van der Waals surface area contributed by atoms with Crippen LogP contribution >= 0.6 is 0 Å². The van der Waals surface area contributed by atoms with E-state index >= 15 is 0 Å². The molecule has 152 valence electrons. The van der Waals surface area contributed by atoms with E-state index in [0.717, 1.165) is 27.7 Å². The molecule has 0 aromatic heterocycles. The van der Waals surface area contributed by atoms with Crippen LogP contribution in [0.5, 0.6) is 0 Å². The van der Waals surface area contributed by atoms with Crippen molar-refractivity contribution >= 4 is 23.9 Å². The van der Waals surface area contributed by atoms with Gasteiger partial charge < -0.3 is 23.7 Å². The van der Waals surface area contributed by atoms with Crippen LogP contribution in [-0.2, 0) is 47.7 Å². The van der Waals surface area contributed by atoms with E-state index in [-0.39, 0.29) is 0 Å². The van der Waals surface area contributed by atoms with E-state index in [1.807, 2.05) is 0 Å². The first-order chi connectivity index (χ1) is 12.5. The van der Waals surface area contributed by atoms with E-state index in [9.17, 15) is 29.3 Å². The molecule has 0 N–H and O–H groups in total. The minimum Gasteiger partial charge on any atom is -0.463 e. The topological polar surface area (TPSA) is 167 Å². The zero-order valence-electron chi connectivity index (χ0n) is 14.9. The molecule has 0 bridgehead atoms. The van der Waals surface area contributed by atoms with Crippen LogP contribution in [0.1, 0.15) is 27.7 Å². The lowest BCUT2D eigenvalue weighted by Gasteiger charge is -2.43. The van der Waals surface area contributed by atoms with Crippen LogP contribution < -0.4 is 0 Å². The molecule has 13 heteroatoms. The summed E-state index contributed by atoms with van der Waals surface area (Å²) in [5.74, 6) is -3.28. The highest BCUT2D eigenvalue weighted by atomic mass is 17.0. The van der Waals surface area contributed by atoms with Crippen molar-refractivity contribution in [3.63, 3.8) is 0 Å². The second-order valence-corrected chi connectivity index (χ2v) is 5.40. The Labute approximate surface area is 152 Å². The fraction of sp³-hybridized carbons (Fsp3) is 0.714. The highest BCUT2D eigenvalue weighted by Gasteiger charge is 2.53. The van der Waals surface area contributed by atoms with Gasteiger partial charge in [-0.1, -0.05) is 0 Å². The minimum atomic E-state index is -1.83. The summed E-state index contributed by atoms with van der Waals surface area (Å²) in [5, 5.41) is 9.54. The Kier molecular flexibility index (Phi) is 7.90. The highest BCUT2D eigenvalue weighted by Crippen LogP contribution is 2.29. The molecule has 0 aliphatic carbocycles. The van der Waals surface area contributed by atoms with Crippen LogP contribution in [0.2, 0.25) is 0 Å². The predicted octanol–water partition coefficient (Wildman–Crippen LogP) is -0.722. The third kappa shape index (κ3) is 7.05. The number of carbonyl (C=O) groups excluding carboxylic acids is 4. The molecule has 1 aliphatic heterocycles. The molecule has 27 heavy (non-hydrogen) atoms. The maximum atomic E-state index is 11.5. The van der Waals surface area contributed by atoms with Crippen molar-refractivity contribution in [1.29, 1.82) is 0 Å². The number of nitrogens with zero attached hydrogens (tertiary/aromatic N) is 1. The van der Waals surface area contributed by atoms with E-state index in [4.69, 9.17) is 23.7 Å². The summed E-state index contributed by atoms with van der Waals surface area (Å²) in [5.41, 5.74) is 0. The molecule has 0 saturated carbocycles. The molecular formula is C14H19NO12. The Morgan fingerprint density at radius 1 is 0.852 bits per heavy atom. The molecule has 13 nitrogen and oxygen atoms in total.